The summed E-state index contributed by atoms with van der Waals surface area (Å²) in [5.41, 5.74) is 3.76. The lowest BCUT2D eigenvalue weighted by molar-refractivity contribution is -0.121. The van der Waals surface area contributed by atoms with Crippen LogP contribution < -0.4 is 5.32 Å². The number of nitrogens with zero attached hydrogens (tertiary/aromatic N) is 3. The standard InChI is InChI=1S/C24H27N5O2/c1-16(2)17-8-10-19(11-9-17)26-23(30)18-6-5-13-29(15-18)24(31)22-14-21(27-28-22)20-7-3-4-12-25-20/h3-4,7-12,14,16,18H,5-6,13,15H2,1-2H3,(H,26,30)(H,27,28)/t18-/m1/s1. The lowest BCUT2D eigenvalue weighted by Crippen LogP contribution is -2.43. The van der Waals surface area contributed by atoms with Gasteiger partial charge < -0.3 is 10.2 Å². The molecule has 0 spiro atoms. The van der Waals surface area contributed by atoms with E-state index in [2.05, 4.69) is 34.3 Å². The summed E-state index contributed by atoms with van der Waals surface area (Å²) in [6.07, 6.45) is 3.24. The summed E-state index contributed by atoms with van der Waals surface area (Å²) in [5.74, 6) is 0.0195. The van der Waals surface area contributed by atoms with Crippen molar-refractivity contribution in [2.75, 3.05) is 18.4 Å². The van der Waals surface area contributed by atoms with E-state index < -0.39 is 0 Å². The molecule has 4 rings (SSSR count). The first-order valence-corrected chi connectivity index (χ1v) is 10.7. The summed E-state index contributed by atoms with van der Waals surface area (Å²) in [6, 6.07) is 15.2. The molecule has 2 aromatic heterocycles. The highest BCUT2D eigenvalue weighted by molar-refractivity contribution is 5.95. The molecular formula is C24H27N5O2. The van der Waals surface area contributed by atoms with Gasteiger partial charge in [0.1, 0.15) is 11.4 Å². The molecule has 7 nitrogen and oxygen atoms in total. The number of rotatable bonds is 5. The van der Waals surface area contributed by atoms with Crippen LogP contribution in [0.5, 0.6) is 0 Å². The molecule has 31 heavy (non-hydrogen) atoms. The van der Waals surface area contributed by atoms with E-state index in [1.54, 1.807) is 17.2 Å². The van der Waals surface area contributed by atoms with Gasteiger partial charge in [0.05, 0.1) is 11.6 Å². The average Bonchev–Trinajstić information content (AvgIpc) is 3.30. The third-order valence-electron chi connectivity index (χ3n) is 5.66. The van der Waals surface area contributed by atoms with Crippen molar-refractivity contribution in [1.82, 2.24) is 20.1 Å². The highest BCUT2D eigenvalue weighted by Crippen LogP contribution is 2.23. The Morgan fingerprint density at radius 2 is 1.94 bits per heavy atom. The number of nitrogens with one attached hydrogen (secondary N) is 2. The number of pyridine rings is 1. The van der Waals surface area contributed by atoms with Crippen molar-refractivity contribution >= 4 is 17.5 Å². The van der Waals surface area contributed by atoms with Gasteiger partial charge in [0, 0.05) is 25.0 Å². The van der Waals surface area contributed by atoms with Gasteiger partial charge >= 0.3 is 0 Å². The summed E-state index contributed by atoms with van der Waals surface area (Å²) in [7, 11) is 0. The number of H-pyrrole nitrogens is 1. The number of benzene rings is 1. The molecule has 3 aromatic rings. The molecule has 3 heterocycles. The second-order valence-corrected chi connectivity index (χ2v) is 8.24. The van der Waals surface area contributed by atoms with E-state index in [-0.39, 0.29) is 17.7 Å². The van der Waals surface area contributed by atoms with E-state index in [1.165, 1.54) is 5.56 Å². The Labute approximate surface area is 181 Å². The summed E-state index contributed by atoms with van der Waals surface area (Å²) in [6.45, 7) is 5.30. The van der Waals surface area contributed by atoms with Crippen LogP contribution >= 0.6 is 0 Å². The zero-order valence-corrected chi connectivity index (χ0v) is 17.8. The normalized spacial score (nSPS) is 16.4. The first kappa shape index (κ1) is 20.8. The molecule has 160 valence electrons. The molecule has 1 saturated heterocycles. The maximum absolute atomic E-state index is 13.0. The first-order chi connectivity index (χ1) is 15.0. The molecule has 0 unspecified atom stereocenters. The number of hydrogen-bond acceptors (Lipinski definition) is 4. The molecule has 0 radical (unpaired) electrons. The van der Waals surface area contributed by atoms with Gasteiger partial charge in [-0.1, -0.05) is 32.0 Å². The van der Waals surface area contributed by atoms with Crippen molar-refractivity contribution in [3.05, 3.63) is 66.0 Å². The van der Waals surface area contributed by atoms with Crippen LogP contribution in [0.4, 0.5) is 5.69 Å². The largest absolute Gasteiger partial charge is 0.337 e. The van der Waals surface area contributed by atoms with Gasteiger partial charge in [-0.2, -0.15) is 5.10 Å². The third kappa shape index (κ3) is 4.82. The van der Waals surface area contributed by atoms with Crippen LogP contribution in [-0.4, -0.2) is 45.0 Å². The van der Waals surface area contributed by atoms with Crippen LogP contribution in [0.2, 0.25) is 0 Å². The van der Waals surface area contributed by atoms with Crippen LogP contribution in [-0.2, 0) is 4.79 Å². The smallest absolute Gasteiger partial charge is 0.271 e. The molecule has 1 atom stereocenters. The summed E-state index contributed by atoms with van der Waals surface area (Å²) in [5, 5.41) is 10.0. The fraction of sp³-hybridized carbons (Fsp3) is 0.333. The predicted molar refractivity (Wildman–Crippen MR) is 120 cm³/mol. The van der Waals surface area contributed by atoms with Gasteiger partial charge in [-0.3, -0.25) is 19.7 Å². The fourth-order valence-electron chi connectivity index (χ4n) is 3.82. The predicted octanol–water partition coefficient (Wildman–Crippen LogP) is 4.09. The van der Waals surface area contributed by atoms with E-state index in [0.29, 0.717) is 36.1 Å². The first-order valence-electron chi connectivity index (χ1n) is 10.7. The quantitative estimate of drug-likeness (QED) is 0.654. The number of carbonyl (C=O) groups is 2. The number of aromatic nitrogens is 3. The Morgan fingerprint density at radius 3 is 2.65 bits per heavy atom. The van der Waals surface area contributed by atoms with Gasteiger partial charge in [-0.25, -0.2) is 0 Å². The summed E-state index contributed by atoms with van der Waals surface area (Å²) in [4.78, 5) is 31.8. The van der Waals surface area contributed by atoms with E-state index >= 15 is 0 Å². The molecule has 1 aromatic carbocycles. The van der Waals surface area contributed by atoms with Gasteiger partial charge in [-0.05, 0) is 54.7 Å². The van der Waals surface area contributed by atoms with Gasteiger partial charge in [0.15, 0.2) is 0 Å². The highest BCUT2D eigenvalue weighted by Gasteiger charge is 2.30. The van der Waals surface area contributed by atoms with Crippen LogP contribution in [0, 0.1) is 5.92 Å². The Morgan fingerprint density at radius 1 is 1.13 bits per heavy atom. The molecule has 0 saturated carbocycles. The minimum absolute atomic E-state index is 0.0476. The molecule has 0 aliphatic carbocycles. The van der Waals surface area contributed by atoms with Crippen molar-refractivity contribution < 1.29 is 9.59 Å². The molecular weight excluding hydrogens is 390 g/mol. The number of anilines is 1. The molecule has 1 fully saturated rings. The number of hydrogen-bond donors (Lipinski definition) is 2. The molecule has 2 N–H and O–H groups in total. The van der Waals surface area contributed by atoms with E-state index in [0.717, 1.165) is 18.5 Å². The van der Waals surface area contributed by atoms with Crippen molar-refractivity contribution in [1.29, 1.82) is 0 Å². The van der Waals surface area contributed by atoms with E-state index in [9.17, 15) is 9.59 Å². The van der Waals surface area contributed by atoms with Gasteiger partial charge in [0.25, 0.3) is 5.91 Å². The third-order valence-corrected chi connectivity index (χ3v) is 5.66. The maximum atomic E-state index is 13.0. The highest BCUT2D eigenvalue weighted by atomic mass is 16.2. The number of likely N-dealkylation sites (tertiary alicyclic amines) is 1. The maximum Gasteiger partial charge on any atom is 0.271 e. The fourth-order valence-corrected chi connectivity index (χ4v) is 3.82. The Bertz CT molecular complexity index is 1040. The van der Waals surface area contributed by atoms with Crippen molar-refractivity contribution in [3.63, 3.8) is 0 Å². The monoisotopic (exact) mass is 417 g/mol. The van der Waals surface area contributed by atoms with Crippen molar-refractivity contribution in [2.45, 2.75) is 32.6 Å². The number of carbonyl (C=O) groups excluding carboxylic acids is 2. The second kappa shape index (κ2) is 9.12. The van der Waals surface area contributed by atoms with Crippen LogP contribution in [0.25, 0.3) is 11.4 Å². The zero-order chi connectivity index (χ0) is 21.8. The molecule has 1 aliphatic heterocycles. The van der Waals surface area contributed by atoms with Crippen LogP contribution in [0.3, 0.4) is 0 Å². The van der Waals surface area contributed by atoms with E-state index in [4.69, 9.17) is 0 Å². The average molecular weight is 418 g/mol. The minimum atomic E-state index is -0.236. The molecule has 2 amide bonds. The lowest BCUT2D eigenvalue weighted by atomic mass is 9.96. The SMILES string of the molecule is CC(C)c1ccc(NC(=O)[C@@H]2CCCN(C(=O)c3cc(-c4ccccn4)n[nH]3)C2)cc1. The Kier molecular flexibility index (Phi) is 6.11. The topological polar surface area (TPSA) is 91.0 Å². The Hall–Kier alpha value is -3.48. The Balaban J connectivity index is 1.39. The summed E-state index contributed by atoms with van der Waals surface area (Å²) < 4.78 is 0. The minimum Gasteiger partial charge on any atom is -0.337 e. The number of amides is 2. The zero-order valence-electron chi connectivity index (χ0n) is 17.8. The van der Waals surface area contributed by atoms with E-state index in [1.807, 2.05) is 42.5 Å². The van der Waals surface area contributed by atoms with Crippen molar-refractivity contribution in [2.24, 2.45) is 5.92 Å². The van der Waals surface area contributed by atoms with Crippen molar-refractivity contribution in [3.8, 4) is 11.4 Å². The summed E-state index contributed by atoms with van der Waals surface area (Å²) >= 11 is 0. The van der Waals surface area contributed by atoms with Crippen LogP contribution in [0.15, 0.2) is 54.7 Å². The van der Waals surface area contributed by atoms with Gasteiger partial charge in [-0.15, -0.1) is 0 Å². The van der Waals surface area contributed by atoms with Crippen LogP contribution in [0.1, 0.15) is 48.7 Å². The molecule has 7 heteroatoms. The number of piperidine rings is 1. The lowest BCUT2D eigenvalue weighted by Gasteiger charge is -2.31. The van der Waals surface area contributed by atoms with Gasteiger partial charge in [0.2, 0.25) is 5.91 Å². The molecule has 0 bridgehead atoms. The number of aromatic amines is 1. The molecule has 1 aliphatic rings. The second-order valence-electron chi connectivity index (χ2n) is 8.24.